The summed E-state index contributed by atoms with van der Waals surface area (Å²) in [4.78, 5) is 22.6. The van der Waals surface area contributed by atoms with E-state index < -0.39 is 0 Å². The van der Waals surface area contributed by atoms with Crippen LogP contribution >= 0.6 is 0 Å². The number of rotatable bonds is 4. The van der Waals surface area contributed by atoms with Crippen molar-refractivity contribution in [3.8, 4) is 5.82 Å². The molecule has 1 unspecified atom stereocenters. The number of carbonyl (C=O) groups is 1. The van der Waals surface area contributed by atoms with Gasteiger partial charge in [0.25, 0.3) is 0 Å². The predicted octanol–water partition coefficient (Wildman–Crippen LogP) is 1.91. The lowest BCUT2D eigenvalue weighted by molar-refractivity contribution is -0.120. The van der Waals surface area contributed by atoms with Crippen molar-refractivity contribution < 1.29 is 4.79 Å². The molecule has 8 heteroatoms. The molecule has 8 nitrogen and oxygen atoms in total. The number of hydrogen-bond acceptors (Lipinski definition) is 6. The number of aromatic nitrogens is 5. The van der Waals surface area contributed by atoms with E-state index in [4.69, 9.17) is 0 Å². The first-order valence-electron chi connectivity index (χ1n) is 8.57. The lowest BCUT2D eigenvalue weighted by Gasteiger charge is -2.32. The molecule has 1 saturated heterocycles. The van der Waals surface area contributed by atoms with E-state index in [9.17, 15) is 4.79 Å². The van der Waals surface area contributed by atoms with Crippen LogP contribution in [0.3, 0.4) is 0 Å². The third-order valence-corrected chi connectivity index (χ3v) is 4.47. The zero-order chi connectivity index (χ0) is 17.8. The van der Waals surface area contributed by atoms with E-state index in [-0.39, 0.29) is 11.8 Å². The summed E-state index contributed by atoms with van der Waals surface area (Å²) in [7, 11) is 0. The number of anilines is 2. The molecular formula is C18H19N7O. The van der Waals surface area contributed by atoms with Crippen LogP contribution in [0, 0.1) is 5.92 Å². The summed E-state index contributed by atoms with van der Waals surface area (Å²) in [5, 5.41) is 11.5. The van der Waals surface area contributed by atoms with Crippen molar-refractivity contribution in [2.45, 2.75) is 12.8 Å². The molecule has 0 aromatic carbocycles. The molecule has 0 radical (unpaired) electrons. The fourth-order valence-electron chi connectivity index (χ4n) is 3.10. The molecule has 0 saturated carbocycles. The Kier molecular flexibility index (Phi) is 4.55. The number of piperidine rings is 1. The standard InChI is InChI=1S/C18H19N7O/c26-18(21-15-5-7-19-8-6-15)14-2-1-10-24(12-14)16-3-4-17(23-22-16)25-11-9-20-13-25/h3-9,11,13-14H,1-2,10,12H2,(H,19,21,26). The Morgan fingerprint density at radius 1 is 1.04 bits per heavy atom. The van der Waals surface area contributed by atoms with Crippen molar-refractivity contribution in [2.24, 2.45) is 5.92 Å². The van der Waals surface area contributed by atoms with E-state index in [1.807, 2.05) is 18.3 Å². The maximum atomic E-state index is 12.5. The van der Waals surface area contributed by atoms with E-state index in [0.717, 1.165) is 36.7 Å². The number of hydrogen-bond donors (Lipinski definition) is 1. The van der Waals surface area contributed by atoms with Gasteiger partial charge in [0.1, 0.15) is 6.33 Å². The summed E-state index contributed by atoms with van der Waals surface area (Å²) in [6, 6.07) is 7.42. The van der Waals surface area contributed by atoms with Gasteiger partial charge in [-0.05, 0) is 37.1 Å². The van der Waals surface area contributed by atoms with Crippen LogP contribution in [0.2, 0.25) is 0 Å². The van der Waals surface area contributed by atoms with Crippen molar-refractivity contribution in [1.82, 2.24) is 24.7 Å². The first-order valence-corrected chi connectivity index (χ1v) is 8.57. The highest BCUT2D eigenvalue weighted by atomic mass is 16.1. The van der Waals surface area contributed by atoms with E-state index in [2.05, 4.69) is 30.4 Å². The summed E-state index contributed by atoms with van der Waals surface area (Å²) in [6.07, 6.45) is 10.4. The lowest BCUT2D eigenvalue weighted by atomic mass is 9.97. The number of nitrogens with zero attached hydrogens (tertiary/aromatic N) is 6. The van der Waals surface area contributed by atoms with Gasteiger partial charge in [0.15, 0.2) is 11.6 Å². The summed E-state index contributed by atoms with van der Waals surface area (Å²) in [5.41, 5.74) is 0.770. The Morgan fingerprint density at radius 3 is 2.58 bits per heavy atom. The largest absolute Gasteiger partial charge is 0.354 e. The quantitative estimate of drug-likeness (QED) is 0.774. The zero-order valence-electron chi connectivity index (χ0n) is 14.2. The molecule has 1 amide bonds. The van der Waals surface area contributed by atoms with E-state index in [1.165, 1.54) is 0 Å². The van der Waals surface area contributed by atoms with Crippen molar-refractivity contribution in [1.29, 1.82) is 0 Å². The van der Waals surface area contributed by atoms with Crippen LogP contribution in [-0.2, 0) is 4.79 Å². The van der Waals surface area contributed by atoms with Crippen molar-refractivity contribution in [3.05, 3.63) is 55.4 Å². The van der Waals surface area contributed by atoms with E-state index in [0.29, 0.717) is 6.54 Å². The van der Waals surface area contributed by atoms with Crippen molar-refractivity contribution in [3.63, 3.8) is 0 Å². The second-order valence-corrected chi connectivity index (χ2v) is 6.23. The highest BCUT2D eigenvalue weighted by Crippen LogP contribution is 2.23. The van der Waals surface area contributed by atoms with Crippen LogP contribution in [0.4, 0.5) is 11.5 Å². The van der Waals surface area contributed by atoms with Gasteiger partial charge in [-0.3, -0.25) is 14.3 Å². The summed E-state index contributed by atoms with van der Waals surface area (Å²) in [6.45, 7) is 1.51. The van der Waals surface area contributed by atoms with Crippen LogP contribution < -0.4 is 10.2 Å². The molecule has 0 bridgehead atoms. The Labute approximate surface area is 150 Å². The van der Waals surface area contributed by atoms with Gasteiger partial charge in [-0.2, -0.15) is 0 Å². The number of amides is 1. The number of carbonyl (C=O) groups excluding carboxylic acids is 1. The molecule has 4 rings (SSSR count). The van der Waals surface area contributed by atoms with Crippen LogP contribution in [0.15, 0.2) is 55.4 Å². The Hall–Kier alpha value is -3.29. The summed E-state index contributed by atoms with van der Waals surface area (Å²) < 4.78 is 1.80. The van der Waals surface area contributed by atoms with Gasteiger partial charge in [-0.1, -0.05) is 0 Å². The zero-order valence-corrected chi connectivity index (χ0v) is 14.2. The Bertz CT molecular complexity index is 849. The monoisotopic (exact) mass is 349 g/mol. The molecule has 0 spiro atoms. The Morgan fingerprint density at radius 2 is 1.85 bits per heavy atom. The molecule has 1 N–H and O–H groups in total. The number of imidazole rings is 1. The minimum atomic E-state index is -0.0768. The van der Waals surface area contributed by atoms with Crippen molar-refractivity contribution in [2.75, 3.05) is 23.3 Å². The van der Waals surface area contributed by atoms with Crippen LogP contribution in [0.5, 0.6) is 0 Å². The van der Waals surface area contributed by atoms with Crippen LogP contribution in [0.1, 0.15) is 12.8 Å². The fourth-order valence-corrected chi connectivity index (χ4v) is 3.10. The molecule has 1 aliphatic rings. The molecule has 1 aliphatic heterocycles. The van der Waals surface area contributed by atoms with Gasteiger partial charge in [-0.25, -0.2) is 4.98 Å². The molecule has 3 aromatic rings. The third kappa shape index (κ3) is 3.53. The summed E-state index contributed by atoms with van der Waals surface area (Å²) >= 11 is 0. The molecular weight excluding hydrogens is 330 g/mol. The number of pyridine rings is 1. The van der Waals surface area contributed by atoms with Crippen molar-refractivity contribution >= 4 is 17.4 Å². The van der Waals surface area contributed by atoms with Gasteiger partial charge < -0.3 is 10.2 Å². The first kappa shape index (κ1) is 16.2. The minimum Gasteiger partial charge on any atom is -0.354 e. The topological polar surface area (TPSA) is 88.8 Å². The average Bonchev–Trinajstić information content (AvgIpc) is 3.24. The molecule has 4 heterocycles. The molecule has 1 atom stereocenters. The smallest absolute Gasteiger partial charge is 0.229 e. The maximum Gasteiger partial charge on any atom is 0.229 e. The second kappa shape index (κ2) is 7.30. The third-order valence-electron chi connectivity index (χ3n) is 4.47. The minimum absolute atomic E-state index is 0.0314. The summed E-state index contributed by atoms with van der Waals surface area (Å²) in [5.74, 6) is 1.46. The lowest BCUT2D eigenvalue weighted by Crippen LogP contribution is -2.41. The van der Waals surface area contributed by atoms with E-state index in [1.54, 1.807) is 41.6 Å². The highest BCUT2D eigenvalue weighted by molar-refractivity contribution is 5.92. The van der Waals surface area contributed by atoms with E-state index >= 15 is 0 Å². The van der Waals surface area contributed by atoms with Crippen LogP contribution in [-0.4, -0.2) is 43.7 Å². The molecule has 26 heavy (non-hydrogen) atoms. The van der Waals surface area contributed by atoms with Gasteiger partial charge in [-0.15, -0.1) is 10.2 Å². The van der Waals surface area contributed by atoms with Gasteiger partial charge in [0.2, 0.25) is 5.91 Å². The normalized spacial score (nSPS) is 17.1. The Balaban J connectivity index is 1.42. The molecule has 0 aliphatic carbocycles. The molecule has 132 valence electrons. The van der Waals surface area contributed by atoms with Gasteiger partial charge in [0, 0.05) is 43.6 Å². The fraction of sp³-hybridized carbons (Fsp3) is 0.278. The molecule has 3 aromatic heterocycles. The van der Waals surface area contributed by atoms with Gasteiger partial charge >= 0.3 is 0 Å². The SMILES string of the molecule is O=C(Nc1ccncc1)C1CCCN(c2ccc(-n3ccnc3)nn2)C1. The van der Waals surface area contributed by atoms with Crippen LogP contribution in [0.25, 0.3) is 5.82 Å². The highest BCUT2D eigenvalue weighted by Gasteiger charge is 2.26. The average molecular weight is 349 g/mol. The molecule has 1 fully saturated rings. The van der Waals surface area contributed by atoms with Gasteiger partial charge in [0.05, 0.1) is 5.92 Å². The second-order valence-electron chi connectivity index (χ2n) is 6.23. The predicted molar refractivity (Wildman–Crippen MR) is 97.0 cm³/mol. The number of nitrogens with one attached hydrogen (secondary N) is 1. The maximum absolute atomic E-state index is 12.5. The first-order chi connectivity index (χ1) is 12.8.